The largest absolute Gasteiger partial charge is 0.512 e. The van der Waals surface area contributed by atoms with Crippen LogP contribution in [0.3, 0.4) is 0 Å². The summed E-state index contributed by atoms with van der Waals surface area (Å²) < 4.78 is 7.64. The van der Waals surface area contributed by atoms with Crippen molar-refractivity contribution in [3.05, 3.63) is 57.8 Å². The number of ether oxygens (including phenoxy) is 1. The number of benzene rings is 1. The molecule has 3 rings (SSSR count). The molecule has 2 heterocycles. The van der Waals surface area contributed by atoms with E-state index < -0.39 is 11.6 Å². The first kappa shape index (κ1) is 18.4. The highest BCUT2D eigenvalue weighted by atomic mass is 127. The molecule has 0 unspecified atom stereocenters. The van der Waals surface area contributed by atoms with Crippen LogP contribution in [0.5, 0.6) is 5.88 Å². The van der Waals surface area contributed by atoms with Crippen molar-refractivity contribution in [3.8, 4) is 23.0 Å². The second-order valence-corrected chi connectivity index (χ2v) is 7.89. The van der Waals surface area contributed by atoms with Crippen LogP contribution in [0.1, 0.15) is 26.3 Å². The molecule has 0 amide bonds. The Morgan fingerprint density at radius 1 is 1.15 bits per heavy atom. The SMILES string of the molecule is CC(C)(C)c1c(-c2ccccc2I)nn(-c2ccccn2)c1OC(=O)O. The third-order valence-electron chi connectivity index (χ3n) is 3.77. The summed E-state index contributed by atoms with van der Waals surface area (Å²) in [5, 5.41) is 14.0. The number of rotatable bonds is 3. The lowest BCUT2D eigenvalue weighted by molar-refractivity contribution is 0.140. The summed E-state index contributed by atoms with van der Waals surface area (Å²) in [5.74, 6) is 0.657. The standard InChI is InChI=1S/C19H18IN3O3/c1-19(2,3)15-16(12-8-4-5-9-13(12)20)22-23(17(15)26-18(24)25)14-10-6-7-11-21-14/h4-11H,1-3H3,(H,24,25). The Labute approximate surface area is 165 Å². The molecular formula is C19H18IN3O3. The summed E-state index contributed by atoms with van der Waals surface area (Å²) in [7, 11) is 0. The Kier molecular flexibility index (Phi) is 4.99. The molecule has 134 valence electrons. The van der Waals surface area contributed by atoms with Crippen LogP contribution in [0, 0.1) is 3.57 Å². The van der Waals surface area contributed by atoms with Gasteiger partial charge >= 0.3 is 6.16 Å². The molecule has 0 saturated carbocycles. The number of aromatic nitrogens is 3. The number of hydrogen-bond acceptors (Lipinski definition) is 4. The number of nitrogens with zero attached hydrogens (tertiary/aromatic N) is 3. The number of hydrogen-bond donors (Lipinski definition) is 1. The summed E-state index contributed by atoms with van der Waals surface area (Å²) in [6, 6.07) is 13.2. The monoisotopic (exact) mass is 463 g/mol. The van der Waals surface area contributed by atoms with Gasteiger partial charge in [0.25, 0.3) is 0 Å². The van der Waals surface area contributed by atoms with Crippen molar-refractivity contribution in [3.63, 3.8) is 0 Å². The van der Waals surface area contributed by atoms with Gasteiger partial charge in [-0.15, -0.1) is 0 Å². The molecule has 0 spiro atoms. The van der Waals surface area contributed by atoms with E-state index in [1.165, 1.54) is 4.68 Å². The lowest BCUT2D eigenvalue weighted by Gasteiger charge is -2.20. The van der Waals surface area contributed by atoms with Crippen molar-refractivity contribution >= 4 is 28.7 Å². The van der Waals surface area contributed by atoms with Crippen LogP contribution in [0.25, 0.3) is 17.1 Å². The Bertz CT molecular complexity index is 946. The minimum absolute atomic E-state index is 0.165. The van der Waals surface area contributed by atoms with Gasteiger partial charge in [0, 0.05) is 20.9 Å². The fraction of sp³-hybridized carbons (Fsp3) is 0.211. The maximum absolute atomic E-state index is 11.4. The van der Waals surface area contributed by atoms with Crippen LogP contribution >= 0.6 is 22.6 Å². The van der Waals surface area contributed by atoms with Gasteiger partial charge in [-0.25, -0.2) is 9.78 Å². The predicted molar refractivity (Wildman–Crippen MR) is 107 cm³/mol. The van der Waals surface area contributed by atoms with Crippen molar-refractivity contribution in [2.45, 2.75) is 26.2 Å². The fourth-order valence-electron chi connectivity index (χ4n) is 2.73. The number of pyridine rings is 1. The minimum atomic E-state index is -1.39. The first-order valence-electron chi connectivity index (χ1n) is 7.99. The summed E-state index contributed by atoms with van der Waals surface area (Å²) in [4.78, 5) is 15.7. The molecule has 0 atom stereocenters. The average Bonchev–Trinajstić information content (AvgIpc) is 2.94. The zero-order valence-electron chi connectivity index (χ0n) is 14.6. The van der Waals surface area contributed by atoms with E-state index in [1.807, 2.05) is 51.1 Å². The summed E-state index contributed by atoms with van der Waals surface area (Å²) in [6.45, 7) is 6.00. The van der Waals surface area contributed by atoms with E-state index in [0.717, 1.165) is 14.7 Å². The molecule has 0 aliphatic carbocycles. The zero-order valence-corrected chi connectivity index (χ0v) is 16.8. The van der Waals surface area contributed by atoms with Crippen LogP contribution in [-0.2, 0) is 5.41 Å². The highest BCUT2D eigenvalue weighted by Crippen LogP contribution is 2.41. The molecule has 3 aromatic rings. The Hall–Kier alpha value is -2.42. The zero-order chi connectivity index (χ0) is 18.9. The molecule has 1 aromatic carbocycles. The molecular weight excluding hydrogens is 445 g/mol. The topological polar surface area (TPSA) is 77.2 Å². The molecule has 0 radical (unpaired) electrons. The Balaban J connectivity index is 2.36. The van der Waals surface area contributed by atoms with E-state index in [1.54, 1.807) is 18.3 Å². The van der Waals surface area contributed by atoms with E-state index in [2.05, 4.69) is 27.6 Å². The molecule has 0 aliphatic heterocycles. The average molecular weight is 463 g/mol. The predicted octanol–water partition coefficient (Wildman–Crippen LogP) is 4.89. The number of halogens is 1. The van der Waals surface area contributed by atoms with Gasteiger partial charge in [-0.1, -0.05) is 45.0 Å². The van der Waals surface area contributed by atoms with Crippen LogP contribution < -0.4 is 4.74 Å². The molecule has 0 aliphatic rings. The van der Waals surface area contributed by atoms with E-state index >= 15 is 0 Å². The highest BCUT2D eigenvalue weighted by Gasteiger charge is 2.32. The highest BCUT2D eigenvalue weighted by molar-refractivity contribution is 14.1. The van der Waals surface area contributed by atoms with E-state index in [9.17, 15) is 9.90 Å². The van der Waals surface area contributed by atoms with Crippen LogP contribution in [-0.4, -0.2) is 26.0 Å². The van der Waals surface area contributed by atoms with Crippen molar-refractivity contribution in [2.24, 2.45) is 0 Å². The second kappa shape index (κ2) is 7.06. The lowest BCUT2D eigenvalue weighted by atomic mass is 9.85. The van der Waals surface area contributed by atoms with Crippen LogP contribution in [0.4, 0.5) is 4.79 Å². The maximum Gasteiger partial charge on any atom is 0.512 e. The van der Waals surface area contributed by atoms with Crippen molar-refractivity contribution in [2.75, 3.05) is 0 Å². The lowest BCUT2D eigenvalue weighted by Crippen LogP contribution is -2.17. The summed E-state index contributed by atoms with van der Waals surface area (Å²) in [5.41, 5.74) is 1.92. The molecule has 6 nitrogen and oxygen atoms in total. The summed E-state index contributed by atoms with van der Waals surface area (Å²) in [6.07, 6.45) is 0.242. The van der Waals surface area contributed by atoms with Gasteiger partial charge in [-0.3, -0.25) is 0 Å². The third-order valence-corrected chi connectivity index (χ3v) is 4.71. The molecule has 26 heavy (non-hydrogen) atoms. The number of carboxylic acid groups (broad SMARTS) is 1. The molecule has 0 saturated heterocycles. The molecule has 1 N–H and O–H groups in total. The van der Waals surface area contributed by atoms with E-state index in [0.29, 0.717) is 11.5 Å². The van der Waals surface area contributed by atoms with Gasteiger partial charge < -0.3 is 9.84 Å². The summed E-state index contributed by atoms with van der Waals surface area (Å²) >= 11 is 2.25. The van der Waals surface area contributed by atoms with Crippen molar-refractivity contribution in [1.29, 1.82) is 0 Å². The molecule has 0 fully saturated rings. The van der Waals surface area contributed by atoms with Gasteiger partial charge in [0.15, 0.2) is 5.82 Å². The van der Waals surface area contributed by atoms with Crippen LogP contribution in [0.15, 0.2) is 48.7 Å². The Morgan fingerprint density at radius 3 is 2.42 bits per heavy atom. The molecule has 0 bridgehead atoms. The minimum Gasteiger partial charge on any atom is -0.449 e. The maximum atomic E-state index is 11.4. The fourth-order valence-corrected chi connectivity index (χ4v) is 3.37. The second-order valence-electron chi connectivity index (χ2n) is 6.73. The van der Waals surface area contributed by atoms with Gasteiger partial charge in [0.05, 0.1) is 0 Å². The molecule has 2 aromatic heterocycles. The van der Waals surface area contributed by atoms with Crippen LogP contribution in [0.2, 0.25) is 0 Å². The van der Waals surface area contributed by atoms with Gasteiger partial charge in [-0.2, -0.15) is 9.78 Å². The van der Waals surface area contributed by atoms with E-state index in [4.69, 9.17) is 9.84 Å². The molecule has 7 heteroatoms. The van der Waals surface area contributed by atoms with Crippen molar-refractivity contribution in [1.82, 2.24) is 14.8 Å². The first-order valence-corrected chi connectivity index (χ1v) is 9.07. The smallest absolute Gasteiger partial charge is 0.449 e. The van der Waals surface area contributed by atoms with E-state index in [-0.39, 0.29) is 5.88 Å². The van der Waals surface area contributed by atoms with Gasteiger partial charge in [-0.05, 0) is 46.2 Å². The quantitative estimate of drug-likeness (QED) is 0.442. The Morgan fingerprint density at radius 2 is 1.85 bits per heavy atom. The van der Waals surface area contributed by atoms with Gasteiger partial charge in [0.1, 0.15) is 5.69 Å². The third kappa shape index (κ3) is 3.57. The normalized spacial score (nSPS) is 11.4. The van der Waals surface area contributed by atoms with Gasteiger partial charge in [0.2, 0.25) is 5.88 Å². The van der Waals surface area contributed by atoms with Crippen molar-refractivity contribution < 1.29 is 14.6 Å². The first-order chi connectivity index (χ1) is 12.3. The number of carbonyl (C=O) groups is 1.